The maximum Gasteiger partial charge on any atom is 0.213 e. The van der Waals surface area contributed by atoms with Gasteiger partial charge < -0.3 is 15.5 Å². The van der Waals surface area contributed by atoms with Crippen molar-refractivity contribution < 1.29 is 8.42 Å². The number of nitrogens with one attached hydrogen (secondary N) is 3. The van der Waals surface area contributed by atoms with Gasteiger partial charge in [0.05, 0.1) is 12.3 Å². The van der Waals surface area contributed by atoms with Crippen molar-refractivity contribution in [3.63, 3.8) is 0 Å². The molecule has 2 rings (SSSR count). The fourth-order valence-corrected chi connectivity index (χ4v) is 4.33. The van der Waals surface area contributed by atoms with E-state index in [9.17, 15) is 8.42 Å². The maximum atomic E-state index is 12.1. The molecule has 0 aromatic carbocycles. The van der Waals surface area contributed by atoms with E-state index >= 15 is 0 Å². The molecule has 0 atom stereocenters. The highest BCUT2D eigenvalue weighted by Crippen LogP contribution is 2.25. The summed E-state index contributed by atoms with van der Waals surface area (Å²) in [6.07, 6.45) is 5.69. The Labute approximate surface area is 159 Å². The summed E-state index contributed by atoms with van der Waals surface area (Å²) in [7, 11) is -3.23. The van der Waals surface area contributed by atoms with Crippen molar-refractivity contribution in [2.45, 2.75) is 65.0 Å². The smallest absolute Gasteiger partial charge is 0.213 e. The summed E-state index contributed by atoms with van der Waals surface area (Å²) in [6, 6.07) is 0.992. The first-order valence-corrected chi connectivity index (χ1v) is 11.8. The average Bonchev–Trinajstić information content (AvgIpc) is 2.53. The van der Waals surface area contributed by atoms with Crippen molar-refractivity contribution in [2.75, 3.05) is 38.5 Å². The van der Waals surface area contributed by atoms with E-state index in [1.54, 1.807) is 0 Å². The molecule has 26 heavy (non-hydrogen) atoms. The largest absolute Gasteiger partial charge is 0.357 e. The van der Waals surface area contributed by atoms with Gasteiger partial charge in [0, 0.05) is 38.3 Å². The van der Waals surface area contributed by atoms with E-state index in [4.69, 9.17) is 0 Å². The van der Waals surface area contributed by atoms with E-state index in [0.717, 1.165) is 51.3 Å². The summed E-state index contributed by atoms with van der Waals surface area (Å²) < 4.78 is 26.9. The van der Waals surface area contributed by atoms with Gasteiger partial charge in [0.1, 0.15) is 0 Å². The average molecular weight is 388 g/mol. The summed E-state index contributed by atoms with van der Waals surface area (Å²) in [6.45, 7) is 10.3. The van der Waals surface area contributed by atoms with Crippen LogP contribution in [0.3, 0.4) is 0 Å². The first kappa shape index (κ1) is 21.4. The number of hydrogen-bond donors (Lipinski definition) is 3. The van der Waals surface area contributed by atoms with E-state index in [-0.39, 0.29) is 12.3 Å². The van der Waals surface area contributed by atoms with Gasteiger partial charge in [-0.25, -0.2) is 13.1 Å². The highest BCUT2D eigenvalue weighted by Gasteiger charge is 2.22. The molecule has 152 valence electrons. The van der Waals surface area contributed by atoms with Crippen molar-refractivity contribution in [3.05, 3.63) is 0 Å². The quantitative estimate of drug-likeness (QED) is 0.408. The summed E-state index contributed by atoms with van der Waals surface area (Å²) >= 11 is 0. The molecule has 0 unspecified atom stereocenters. The number of likely N-dealkylation sites (tertiary alicyclic amines) is 1. The lowest BCUT2D eigenvalue weighted by molar-refractivity contribution is 0.167. The zero-order valence-electron chi connectivity index (χ0n) is 16.6. The van der Waals surface area contributed by atoms with Gasteiger partial charge in [-0.1, -0.05) is 6.42 Å². The highest BCUT2D eigenvalue weighted by atomic mass is 32.2. The molecule has 1 aliphatic heterocycles. The van der Waals surface area contributed by atoms with Crippen LogP contribution in [0, 0.1) is 5.92 Å². The second-order valence-corrected chi connectivity index (χ2v) is 9.70. The maximum absolute atomic E-state index is 12.1. The Balaban J connectivity index is 1.75. The number of guanidine groups is 1. The third-order valence-electron chi connectivity index (χ3n) is 5.39. The van der Waals surface area contributed by atoms with Crippen LogP contribution in [0.4, 0.5) is 0 Å². The normalized spacial score (nSPS) is 21.0. The zero-order valence-corrected chi connectivity index (χ0v) is 17.4. The third-order valence-corrected chi connectivity index (χ3v) is 6.72. The highest BCUT2D eigenvalue weighted by molar-refractivity contribution is 7.89. The molecular formula is C18H37N5O2S. The van der Waals surface area contributed by atoms with Crippen LogP contribution >= 0.6 is 0 Å². The van der Waals surface area contributed by atoms with Crippen molar-refractivity contribution >= 4 is 16.0 Å². The van der Waals surface area contributed by atoms with Gasteiger partial charge in [-0.15, -0.1) is 0 Å². The lowest BCUT2D eigenvalue weighted by atomic mass is 9.86. The van der Waals surface area contributed by atoms with Crippen molar-refractivity contribution in [2.24, 2.45) is 10.9 Å². The second kappa shape index (κ2) is 10.5. The summed E-state index contributed by atoms with van der Waals surface area (Å²) in [5, 5.41) is 6.70. The van der Waals surface area contributed by atoms with E-state index in [0.29, 0.717) is 24.5 Å². The molecule has 0 spiro atoms. The molecule has 2 aliphatic rings. The predicted octanol–water partition coefficient (Wildman–Crippen LogP) is 1.13. The van der Waals surface area contributed by atoms with E-state index in [1.807, 2.05) is 6.92 Å². The fourth-order valence-electron chi connectivity index (χ4n) is 3.37. The van der Waals surface area contributed by atoms with Gasteiger partial charge in [0.15, 0.2) is 5.96 Å². The summed E-state index contributed by atoms with van der Waals surface area (Å²) in [4.78, 5) is 6.96. The Morgan fingerprint density at radius 3 is 2.42 bits per heavy atom. The number of hydrogen-bond acceptors (Lipinski definition) is 4. The van der Waals surface area contributed by atoms with E-state index < -0.39 is 10.0 Å². The topological polar surface area (TPSA) is 85.8 Å². The van der Waals surface area contributed by atoms with Crippen LogP contribution in [0.2, 0.25) is 0 Å². The van der Waals surface area contributed by atoms with Crippen LogP contribution in [-0.2, 0) is 10.0 Å². The van der Waals surface area contributed by atoms with Crippen LogP contribution in [0.5, 0.6) is 0 Å². The molecule has 8 heteroatoms. The van der Waals surface area contributed by atoms with Crippen molar-refractivity contribution in [1.82, 2.24) is 20.3 Å². The Kier molecular flexibility index (Phi) is 8.63. The van der Waals surface area contributed by atoms with Gasteiger partial charge in [-0.05, 0) is 52.4 Å². The zero-order chi connectivity index (χ0) is 19.0. The lowest BCUT2D eigenvalue weighted by Gasteiger charge is -2.35. The van der Waals surface area contributed by atoms with Gasteiger partial charge in [0.2, 0.25) is 10.0 Å². The van der Waals surface area contributed by atoms with Crippen LogP contribution in [0.25, 0.3) is 0 Å². The second-order valence-electron chi connectivity index (χ2n) is 7.77. The lowest BCUT2D eigenvalue weighted by Crippen LogP contribution is -2.50. The molecule has 7 nitrogen and oxygen atoms in total. The SMILES string of the molecule is CCNC(=NCCS(=O)(=O)NCC1CCC1)NC1CCN(C(C)C)CC1. The number of nitrogens with zero attached hydrogens (tertiary/aromatic N) is 2. The van der Waals surface area contributed by atoms with Gasteiger partial charge >= 0.3 is 0 Å². The Morgan fingerprint density at radius 2 is 1.88 bits per heavy atom. The molecule has 0 aromatic rings. The molecule has 0 bridgehead atoms. The number of sulfonamides is 1. The monoisotopic (exact) mass is 387 g/mol. The first-order chi connectivity index (χ1) is 12.4. The van der Waals surface area contributed by atoms with E-state index in [2.05, 4.69) is 39.1 Å². The van der Waals surface area contributed by atoms with Crippen molar-refractivity contribution in [3.8, 4) is 0 Å². The number of piperidine rings is 1. The van der Waals surface area contributed by atoms with Crippen LogP contribution in [-0.4, -0.2) is 69.8 Å². The van der Waals surface area contributed by atoms with Crippen molar-refractivity contribution in [1.29, 1.82) is 0 Å². The summed E-state index contributed by atoms with van der Waals surface area (Å²) in [5.41, 5.74) is 0. The molecule has 0 amide bonds. The molecule has 0 aromatic heterocycles. The minimum Gasteiger partial charge on any atom is -0.357 e. The first-order valence-electron chi connectivity index (χ1n) is 10.2. The minimum absolute atomic E-state index is 0.0437. The Morgan fingerprint density at radius 1 is 1.19 bits per heavy atom. The molecule has 2 fully saturated rings. The minimum atomic E-state index is -3.23. The summed E-state index contributed by atoms with van der Waals surface area (Å²) in [5.74, 6) is 1.30. The Hall–Kier alpha value is -0.860. The Bertz CT molecular complexity index is 538. The van der Waals surface area contributed by atoms with Gasteiger partial charge in [0.25, 0.3) is 0 Å². The molecule has 1 saturated heterocycles. The van der Waals surface area contributed by atoms with Crippen LogP contribution in [0.1, 0.15) is 52.9 Å². The molecule has 1 heterocycles. The molecular weight excluding hydrogens is 350 g/mol. The van der Waals surface area contributed by atoms with Crippen LogP contribution in [0.15, 0.2) is 4.99 Å². The van der Waals surface area contributed by atoms with Gasteiger partial charge in [-0.2, -0.15) is 0 Å². The number of aliphatic imine (C=N–C) groups is 1. The predicted molar refractivity (Wildman–Crippen MR) is 108 cm³/mol. The fraction of sp³-hybridized carbons (Fsp3) is 0.944. The molecule has 0 radical (unpaired) electrons. The van der Waals surface area contributed by atoms with E-state index in [1.165, 1.54) is 6.42 Å². The molecule has 1 aliphatic carbocycles. The molecule has 1 saturated carbocycles. The molecule has 3 N–H and O–H groups in total. The standard InChI is InChI=1S/C18H37N5O2S/c1-4-19-18(22-17-8-11-23(12-9-17)15(2)3)20-10-13-26(24,25)21-14-16-6-5-7-16/h15-17,21H,4-14H2,1-3H3,(H2,19,20,22). The van der Waals surface area contributed by atoms with Gasteiger partial charge in [-0.3, -0.25) is 4.99 Å². The number of rotatable bonds is 9. The van der Waals surface area contributed by atoms with Crippen LogP contribution < -0.4 is 15.4 Å². The third kappa shape index (κ3) is 7.40.